The molecule has 3 heteroatoms. The number of amides is 1. The first kappa shape index (κ1) is 9.53. The predicted octanol–water partition coefficient (Wildman–Crippen LogP) is 0.734. The van der Waals surface area contributed by atoms with Crippen molar-refractivity contribution in [2.24, 2.45) is 5.92 Å². The summed E-state index contributed by atoms with van der Waals surface area (Å²) in [6.45, 7) is 5.58. The van der Waals surface area contributed by atoms with Crippen molar-refractivity contribution in [2.45, 2.75) is 33.1 Å². The van der Waals surface area contributed by atoms with E-state index < -0.39 is 0 Å². The van der Waals surface area contributed by atoms with Gasteiger partial charge in [-0.15, -0.1) is 0 Å². The highest BCUT2D eigenvalue weighted by atomic mass is 16.1. The van der Waals surface area contributed by atoms with Gasteiger partial charge in [-0.05, 0) is 5.92 Å². The maximum absolute atomic E-state index is 10.6. The van der Waals surface area contributed by atoms with Gasteiger partial charge in [0.25, 0.3) is 0 Å². The van der Waals surface area contributed by atoms with E-state index in [-0.39, 0.29) is 11.9 Å². The fourth-order valence-electron chi connectivity index (χ4n) is 0.759. The standard InChI is InChI=1S/C7H14BNO/c1-5(2)7(4-8)9-6(3)10/h5,7H,4H2,1-3H3,(H,9,10). The highest BCUT2D eigenvalue weighted by molar-refractivity contribution is 6.09. The van der Waals surface area contributed by atoms with Crippen LogP contribution in [0.5, 0.6) is 0 Å². The molecule has 56 valence electrons. The van der Waals surface area contributed by atoms with Gasteiger partial charge in [0.2, 0.25) is 5.91 Å². The molecule has 0 aromatic rings. The highest BCUT2D eigenvalue weighted by Crippen LogP contribution is 2.03. The van der Waals surface area contributed by atoms with Gasteiger partial charge in [-0.1, -0.05) is 20.2 Å². The van der Waals surface area contributed by atoms with Gasteiger partial charge in [-0.25, -0.2) is 0 Å². The number of hydrogen-bond donors (Lipinski definition) is 1. The van der Waals surface area contributed by atoms with E-state index in [0.29, 0.717) is 12.2 Å². The van der Waals surface area contributed by atoms with Crippen molar-refractivity contribution >= 4 is 13.8 Å². The highest BCUT2D eigenvalue weighted by Gasteiger charge is 2.10. The summed E-state index contributed by atoms with van der Waals surface area (Å²) >= 11 is 0. The third kappa shape index (κ3) is 3.54. The Morgan fingerprint density at radius 2 is 2.10 bits per heavy atom. The fraction of sp³-hybridized carbons (Fsp3) is 0.857. The summed E-state index contributed by atoms with van der Waals surface area (Å²) in [5.74, 6) is 0.401. The molecule has 2 radical (unpaired) electrons. The van der Waals surface area contributed by atoms with E-state index in [4.69, 9.17) is 7.85 Å². The molecule has 0 aliphatic heterocycles. The molecule has 10 heavy (non-hydrogen) atoms. The zero-order chi connectivity index (χ0) is 8.15. The van der Waals surface area contributed by atoms with Crippen molar-refractivity contribution < 1.29 is 4.79 Å². The number of carbonyl (C=O) groups excluding carboxylic acids is 1. The lowest BCUT2D eigenvalue weighted by molar-refractivity contribution is -0.119. The van der Waals surface area contributed by atoms with E-state index in [1.165, 1.54) is 6.92 Å². The largest absolute Gasteiger partial charge is 0.354 e. The summed E-state index contributed by atoms with van der Waals surface area (Å²) in [6.07, 6.45) is 0.511. The van der Waals surface area contributed by atoms with Gasteiger partial charge < -0.3 is 5.32 Å². The molecule has 0 aliphatic carbocycles. The Kier molecular flexibility index (Phi) is 4.16. The van der Waals surface area contributed by atoms with Crippen molar-refractivity contribution in [3.63, 3.8) is 0 Å². The minimum atomic E-state index is -0.0100. The summed E-state index contributed by atoms with van der Waals surface area (Å²) < 4.78 is 0. The van der Waals surface area contributed by atoms with Crippen LogP contribution in [0.25, 0.3) is 0 Å². The van der Waals surface area contributed by atoms with Gasteiger partial charge in [0.1, 0.15) is 0 Å². The molecule has 2 nitrogen and oxygen atoms in total. The Labute approximate surface area is 63.8 Å². The summed E-state index contributed by atoms with van der Waals surface area (Å²) in [6, 6.07) is 0.123. The summed E-state index contributed by atoms with van der Waals surface area (Å²) in [5, 5.41) is 2.77. The number of hydrogen-bond acceptors (Lipinski definition) is 1. The van der Waals surface area contributed by atoms with Crippen LogP contribution in [0.4, 0.5) is 0 Å². The third-order valence-corrected chi connectivity index (χ3v) is 1.45. The minimum Gasteiger partial charge on any atom is -0.354 e. The van der Waals surface area contributed by atoms with E-state index in [1.807, 2.05) is 13.8 Å². The van der Waals surface area contributed by atoms with Crippen molar-refractivity contribution in [2.75, 3.05) is 0 Å². The Hall–Kier alpha value is -0.465. The minimum absolute atomic E-state index is 0.0100. The Morgan fingerprint density at radius 1 is 1.60 bits per heavy atom. The van der Waals surface area contributed by atoms with Crippen molar-refractivity contribution in [1.82, 2.24) is 5.32 Å². The Balaban J connectivity index is 3.71. The van der Waals surface area contributed by atoms with Crippen molar-refractivity contribution in [3.05, 3.63) is 0 Å². The first-order valence-electron chi connectivity index (χ1n) is 3.55. The van der Waals surface area contributed by atoms with E-state index >= 15 is 0 Å². The lowest BCUT2D eigenvalue weighted by atomic mass is 9.90. The van der Waals surface area contributed by atoms with Crippen LogP contribution in [0.15, 0.2) is 0 Å². The quantitative estimate of drug-likeness (QED) is 0.574. The topological polar surface area (TPSA) is 29.1 Å². The lowest BCUT2D eigenvalue weighted by Crippen LogP contribution is -2.36. The lowest BCUT2D eigenvalue weighted by Gasteiger charge is -2.19. The number of rotatable bonds is 3. The molecule has 0 fully saturated rings. The van der Waals surface area contributed by atoms with E-state index in [1.54, 1.807) is 0 Å². The first-order valence-corrected chi connectivity index (χ1v) is 3.55. The molecule has 1 amide bonds. The number of carbonyl (C=O) groups is 1. The second-order valence-corrected chi connectivity index (χ2v) is 2.79. The molecular formula is C7H14BNO. The first-order chi connectivity index (χ1) is 4.57. The predicted molar refractivity (Wildman–Crippen MR) is 43.0 cm³/mol. The number of nitrogens with one attached hydrogen (secondary N) is 1. The molecule has 0 heterocycles. The Bertz CT molecular complexity index is 114. The van der Waals surface area contributed by atoms with Gasteiger partial charge in [0, 0.05) is 13.0 Å². The Morgan fingerprint density at radius 3 is 2.20 bits per heavy atom. The van der Waals surface area contributed by atoms with Crippen molar-refractivity contribution in [1.29, 1.82) is 0 Å². The van der Waals surface area contributed by atoms with E-state index in [2.05, 4.69) is 5.32 Å². The van der Waals surface area contributed by atoms with Crippen LogP contribution in [0.3, 0.4) is 0 Å². The van der Waals surface area contributed by atoms with Crippen LogP contribution < -0.4 is 5.32 Å². The molecule has 0 rings (SSSR count). The van der Waals surface area contributed by atoms with Gasteiger partial charge in [-0.3, -0.25) is 4.79 Å². The zero-order valence-electron chi connectivity index (χ0n) is 6.85. The summed E-state index contributed by atoms with van der Waals surface area (Å²) in [4.78, 5) is 10.6. The maximum Gasteiger partial charge on any atom is 0.217 e. The SMILES string of the molecule is [B]CC(NC(C)=O)C(C)C. The van der Waals surface area contributed by atoms with Gasteiger partial charge >= 0.3 is 0 Å². The average molecular weight is 139 g/mol. The van der Waals surface area contributed by atoms with Crippen LogP contribution in [-0.4, -0.2) is 19.8 Å². The van der Waals surface area contributed by atoms with Crippen LogP contribution in [0, 0.1) is 5.92 Å². The summed E-state index contributed by atoms with van der Waals surface area (Å²) in [7, 11) is 5.41. The molecule has 0 aromatic carbocycles. The molecule has 1 N–H and O–H groups in total. The third-order valence-electron chi connectivity index (χ3n) is 1.45. The molecule has 0 aliphatic rings. The van der Waals surface area contributed by atoms with Crippen molar-refractivity contribution in [3.8, 4) is 0 Å². The van der Waals surface area contributed by atoms with Crippen LogP contribution >= 0.6 is 0 Å². The maximum atomic E-state index is 10.6. The van der Waals surface area contributed by atoms with Crippen LogP contribution in [0.2, 0.25) is 6.32 Å². The van der Waals surface area contributed by atoms with E-state index in [0.717, 1.165) is 0 Å². The van der Waals surface area contributed by atoms with Gasteiger partial charge in [0.05, 0.1) is 7.85 Å². The van der Waals surface area contributed by atoms with E-state index in [9.17, 15) is 4.79 Å². The van der Waals surface area contributed by atoms with Crippen LogP contribution in [0.1, 0.15) is 20.8 Å². The average Bonchev–Trinajstić information content (AvgIpc) is 1.81. The second-order valence-electron chi connectivity index (χ2n) is 2.79. The molecule has 1 atom stereocenters. The fourth-order valence-corrected chi connectivity index (χ4v) is 0.759. The molecule has 0 saturated heterocycles. The molecular weight excluding hydrogens is 125 g/mol. The molecule has 0 bridgehead atoms. The molecule has 1 unspecified atom stereocenters. The monoisotopic (exact) mass is 139 g/mol. The second kappa shape index (κ2) is 4.37. The van der Waals surface area contributed by atoms with Gasteiger partial charge in [-0.2, -0.15) is 0 Å². The van der Waals surface area contributed by atoms with Gasteiger partial charge in [0.15, 0.2) is 0 Å². The zero-order valence-corrected chi connectivity index (χ0v) is 6.85. The molecule has 0 spiro atoms. The molecule has 0 saturated carbocycles. The normalized spacial score (nSPS) is 13.2. The summed E-state index contributed by atoms with van der Waals surface area (Å²) in [5.41, 5.74) is 0. The molecule has 0 aromatic heterocycles. The van der Waals surface area contributed by atoms with Crippen LogP contribution in [-0.2, 0) is 4.79 Å². The smallest absolute Gasteiger partial charge is 0.217 e.